The Morgan fingerprint density at radius 2 is 2.08 bits per heavy atom. The van der Waals surface area contributed by atoms with Crippen LogP contribution < -0.4 is 5.32 Å². The van der Waals surface area contributed by atoms with E-state index in [9.17, 15) is 0 Å². The second-order valence-corrected chi connectivity index (χ2v) is 5.05. The minimum absolute atomic E-state index is 0.280. The van der Waals surface area contributed by atoms with Gasteiger partial charge in [0.15, 0.2) is 0 Å². The fraction of sp³-hybridized carbons (Fsp3) is 1.00. The van der Waals surface area contributed by atoms with Crippen LogP contribution in [0.15, 0.2) is 0 Å². The van der Waals surface area contributed by atoms with Gasteiger partial charge in [0.05, 0.1) is 12.7 Å². The lowest BCUT2D eigenvalue weighted by Gasteiger charge is -2.31. The minimum Gasteiger partial charge on any atom is -0.374 e. The highest BCUT2D eigenvalue weighted by Crippen LogP contribution is 2.23. The van der Waals surface area contributed by atoms with E-state index < -0.39 is 0 Å². The van der Waals surface area contributed by atoms with E-state index in [0.29, 0.717) is 12.1 Å². The van der Waals surface area contributed by atoms with Crippen LogP contribution in [0.1, 0.15) is 20.8 Å². The van der Waals surface area contributed by atoms with Gasteiger partial charge in [-0.25, -0.2) is 0 Å². The Hall–Kier alpha value is -0.120. The van der Waals surface area contributed by atoms with E-state index in [1.807, 2.05) is 0 Å². The van der Waals surface area contributed by atoms with Crippen molar-refractivity contribution >= 4 is 0 Å². The molecule has 2 aliphatic heterocycles. The van der Waals surface area contributed by atoms with Crippen LogP contribution >= 0.6 is 0 Å². The van der Waals surface area contributed by atoms with E-state index in [0.717, 1.165) is 26.2 Å². The van der Waals surface area contributed by atoms with Gasteiger partial charge >= 0.3 is 0 Å². The summed E-state index contributed by atoms with van der Waals surface area (Å²) in [4.78, 5) is 2.50. The lowest BCUT2D eigenvalue weighted by Crippen LogP contribution is -2.47. The Morgan fingerprint density at radius 1 is 1.31 bits per heavy atom. The molecular weight excluding hydrogens is 164 g/mol. The predicted octanol–water partition coefficient (Wildman–Crippen LogP) is 0.457. The van der Waals surface area contributed by atoms with Gasteiger partial charge in [0.25, 0.3) is 0 Å². The Bertz CT molecular complexity index is 174. The highest BCUT2D eigenvalue weighted by atomic mass is 16.5. The van der Waals surface area contributed by atoms with E-state index >= 15 is 0 Å². The summed E-state index contributed by atoms with van der Waals surface area (Å²) in [5.41, 5.74) is 0.280. The van der Waals surface area contributed by atoms with Gasteiger partial charge in [0, 0.05) is 31.2 Å². The highest BCUT2D eigenvalue weighted by molar-refractivity contribution is 4.96. The number of hydrogen-bond acceptors (Lipinski definition) is 3. The molecule has 2 rings (SSSR count). The molecule has 13 heavy (non-hydrogen) atoms. The van der Waals surface area contributed by atoms with Crippen LogP contribution in [-0.4, -0.2) is 48.8 Å². The van der Waals surface area contributed by atoms with Crippen LogP contribution in [0.25, 0.3) is 0 Å². The molecule has 3 heteroatoms. The molecule has 0 saturated carbocycles. The number of likely N-dealkylation sites (tertiary alicyclic amines) is 1. The molecule has 3 nitrogen and oxygen atoms in total. The molecule has 2 atom stereocenters. The van der Waals surface area contributed by atoms with Crippen molar-refractivity contribution < 1.29 is 4.74 Å². The molecule has 2 heterocycles. The smallest absolute Gasteiger partial charge is 0.0867 e. The lowest BCUT2D eigenvalue weighted by atomic mass is 10.1. The Morgan fingerprint density at radius 3 is 2.69 bits per heavy atom. The maximum atomic E-state index is 5.72. The minimum atomic E-state index is 0.280. The van der Waals surface area contributed by atoms with Crippen molar-refractivity contribution in [1.82, 2.24) is 10.2 Å². The van der Waals surface area contributed by atoms with Gasteiger partial charge < -0.3 is 10.1 Å². The number of nitrogens with one attached hydrogen (secondary N) is 1. The first-order valence-corrected chi connectivity index (χ1v) is 5.17. The van der Waals surface area contributed by atoms with Crippen molar-refractivity contribution in [2.45, 2.75) is 38.5 Å². The molecule has 0 aromatic rings. The SMILES string of the molecule is CC(C)(C)N1C[C@@H]2NCCO[C@H]2C1. The first kappa shape index (κ1) is 9.44. The monoisotopic (exact) mass is 184 g/mol. The molecule has 0 aliphatic carbocycles. The van der Waals surface area contributed by atoms with Crippen molar-refractivity contribution in [3.63, 3.8) is 0 Å². The number of ether oxygens (including phenoxy) is 1. The van der Waals surface area contributed by atoms with Gasteiger partial charge in [-0.05, 0) is 20.8 Å². The fourth-order valence-corrected chi connectivity index (χ4v) is 2.14. The zero-order chi connectivity index (χ0) is 9.47. The number of rotatable bonds is 0. The Kier molecular flexibility index (Phi) is 2.34. The van der Waals surface area contributed by atoms with Crippen molar-refractivity contribution in [2.75, 3.05) is 26.2 Å². The fourth-order valence-electron chi connectivity index (χ4n) is 2.14. The third-order valence-electron chi connectivity index (χ3n) is 3.06. The summed E-state index contributed by atoms with van der Waals surface area (Å²) >= 11 is 0. The van der Waals surface area contributed by atoms with E-state index in [1.165, 1.54) is 0 Å². The second-order valence-electron chi connectivity index (χ2n) is 5.05. The van der Waals surface area contributed by atoms with Crippen LogP contribution in [0.3, 0.4) is 0 Å². The van der Waals surface area contributed by atoms with E-state index in [1.54, 1.807) is 0 Å². The summed E-state index contributed by atoms with van der Waals surface area (Å²) in [6.45, 7) is 10.9. The maximum absolute atomic E-state index is 5.72. The Labute approximate surface area is 80.4 Å². The number of morpholine rings is 1. The maximum Gasteiger partial charge on any atom is 0.0867 e. The van der Waals surface area contributed by atoms with Crippen molar-refractivity contribution in [1.29, 1.82) is 0 Å². The molecule has 0 aromatic carbocycles. The van der Waals surface area contributed by atoms with Crippen LogP contribution in [0.4, 0.5) is 0 Å². The van der Waals surface area contributed by atoms with E-state index in [4.69, 9.17) is 4.74 Å². The Balaban J connectivity index is 1.99. The number of fused-ring (bicyclic) bond motifs is 1. The molecule has 0 radical (unpaired) electrons. The number of hydrogen-bond donors (Lipinski definition) is 1. The van der Waals surface area contributed by atoms with Gasteiger partial charge in [0.1, 0.15) is 0 Å². The molecule has 1 N–H and O–H groups in total. The van der Waals surface area contributed by atoms with Crippen LogP contribution in [0.2, 0.25) is 0 Å². The molecular formula is C10H20N2O. The van der Waals surface area contributed by atoms with Gasteiger partial charge in [-0.15, -0.1) is 0 Å². The highest BCUT2D eigenvalue weighted by Gasteiger charge is 2.39. The van der Waals surface area contributed by atoms with Crippen molar-refractivity contribution in [2.24, 2.45) is 0 Å². The summed E-state index contributed by atoms with van der Waals surface area (Å²) in [6, 6.07) is 0.563. The largest absolute Gasteiger partial charge is 0.374 e. The second kappa shape index (κ2) is 3.23. The third kappa shape index (κ3) is 1.87. The lowest BCUT2D eigenvalue weighted by molar-refractivity contribution is 0.0145. The predicted molar refractivity (Wildman–Crippen MR) is 52.9 cm³/mol. The van der Waals surface area contributed by atoms with Gasteiger partial charge in [-0.1, -0.05) is 0 Å². The van der Waals surface area contributed by atoms with Gasteiger partial charge in [-0.2, -0.15) is 0 Å². The van der Waals surface area contributed by atoms with Crippen LogP contribution in [-0.2, 0) is 4.74 Å². The van der Waals surface area contributed by atoms with Crippen LogP contribution in [0.5, 0.6) is 0 Å². The first-order valence-electron chi connectivity index (χ1n) is 5.17. The third-order valence-corrected chi connectivity index (χ3v) is 3.06. The normalized spacial score (nSPS) is 36.2. The molecule has 76 valence electrons. The summed E-state index contributed by atoms with van der Waals surface area (Å²) < 4.78 is 5.72. The topological polar surface area (TPSA) is 24.5 Å². The quantitative estimate of drug-likeness (QED) is 0.592. The van der Waals surface area contributed by atoms with Gasteiger partial charge in [0.2, 0.25) is 0 Å². The molecule has 0 bridgehead atoms. The van der Waals surface area contributed by atoms with Gasteiger partial charge in [-0.3, -0.25) is 4.90 Å². The average Bonchev–Trinajstić information content (AvgIpc) is 2.45. The molecule has 2 aliphatic rings. The first-order chi connectivity index (χ1) is 6.07. The molecule has 0 amide bonds. The zero-order valence-electron chi connectivity index (χ0n) is 8.84. The average molecular weight is 184 g/mol. The van der Waals surface area contributed by atoms with E-state index in [-0.39, 0.29) is 5.54 Å². The van der Waals surface area contributed by atoms with Crippen molar-refractivity contribution in [3.05, 3.63) is 0 Å². The molecule has 0 aromatic heterocycles. The van der Waals surface area contributed by atoms with Crippen LogP contribution in [0, 0.1) is 0 Å². The summed E-state index contributed by atoms with van der Waals surface area (Å²) in [7, 11) is 0. The summed E-state index contributed by atoms with van der Waals surface area (Å²) in [6.07, 6.45) is 0.424. The number of nitrogens with zero attached hydrogens (tertiary/aromatic N) is 1. The molecule has 2 fully saturated rings. The summed E-state index contributed by atoms with van der Waals surface area (Å²) in [5.74, 6) is 0. The molecule has 0 spiro atoms. The zero-order valence-corrected chi connectivity index (χ0v) is 8.84. The standard InChI is InChI=1S/C10H20N2O/c1-10(2,3)12-6-8-9(7-12)13-5-4-11-8/h8-9,11H,4-7H2,1-3H3/t8-,9-/m0/s1. The van der Waals surface area contributed by atoms with E-state index in [2.05, 4.69) is 31.0 Å². The molecule has 2 saturated heterocycles. The van der Waals surface area contributed by atoms with Crippen molar-refractivity contribution in [3.8, 4) is 0 Å². The molecule has 0 unspecified atom stereocenters. The summed E-state index contributed by atoms with van der Waals surface area (Å²) in [5, 5.41) is 3.52.